The maximum atomic E-state index is 11.7. The van der Waals surface area contributed by atoms with Gasteiger partial charge in [-0.1, -0.05) is 17.8 Å². The highest BCUT2D eigenvalue weighted by atomic mass is 32.2. The zero-order valence-corrected chi connectivity index (χ0v) is 15.3. The number of hydrogen-bond donors (Lipinski definition) is 1. The first-order valence-electron chi connectivity index (χ1n) is 7.81. The van der Waals surface area contributed by atoms with Crippen LogP contribution >= 0.6 is 11.8 Å². The number of benzene rings is 1. The van der Waals surface area contributed by atoms with Crippen LogP contribution in [0.5, 0.6) is 11.5 Å². The lowest BCUT2D eigenvalue weighted by Crippen LogP contribution is -2.16. The molecule has 0 saturated heterocycles. The zero-order chi connectivity index (χ0) is 18.5. The number of aryl methyl sites for hydroxylation is 1. The van der Waals surface area contributed by atoms with Crippen LogP contribution in [0, 0.1) is 0 Å². The summed E-state index contributed by atoms with van der Waals surface area (Å²) in [6, 6.07) is 10.8. The van der Waals surface area contributed by atoms with Crippen molar-refractivity contribution in [2.24, 2.45) is 7.05 Å². The average Bonchev–Trinajstić information content (AvgIpc) is 3.01. The Morgan fingerprint density at radius 1 is 1.19 bits per heavy atom. The normalized spacial score (nSPS) is 10.7. The predicted molar refractivity (Wildman–Crippen MR) is 98.7 cm³/mol. The van der Waals surface area contributed by atoms with Crippen LogP contribution in [0.3, 0.4) is 0 Å². The number of pyridine rings is 1. The van der Waals surface area contributed by atoms with Crippen molar-refractivity contribution in [3.63, 3.8) is 0 Å². The SMILES string of the molecule is COc1cccc(OCc2nnc(SCc3ccn(C)c(=O)c3)n2N)c1. The van der Waals surface area contributed by atoms with E-state index in [2.05, 4.69) is 10.2 Å². The Hall–Kier alpha value is -2.94. The summed E-state index contributed by atoms with van der Waals surface area (Å²) >= 11 is 1.40. The number of rotatable bonds is 7. The molecule has 0 atom stereocenters. The smallest absolute Gasteiger partial charge is 0.250 e. The first-order valence-corrected chi connectivity index (χ1v) is 8.80. The van der Waals surface area contributed by atoms with Gasteiger partial charge < -0.3 is 19.9 Å². The van der Waals surface area contributed by atoms with E-state index in [-0.39, 0.29) is 12.2 Å². The molecule has 0 saturated carbocycles. The Bertz CT molecular complexity index is 954. The highest BCUT2D eigenvalue weighted by molar-refractivity contribution is 7.98. The molecular weight excluding hydrogens is 354 g/mol. The molecule has 9 heteroatoms. The quantitative estimate of drug-likeness (QED) is 0.496. The van der Waals surface area contributed by atoms with E-state index in [1.54, 1.807) is 32.5 Å². The van der Waals surface area contributed by atoms with E-state index in [1.807, 2.05) is 24.3 Å². The molecule has 2 heterocycles. The molecule has 26 heavy (non-hydrogen) atoms. The highest BCUT2D eigenvalue weighted by Crippen LogP contribution is 2.22. The molecule has 0 radical (unpaired) electrons. The average molecular weight is 373 g/mol. The molecule has 0 bridgehead atoms. The minimum absolute atomic E-state index is 0.0512. The van der Waals surface area contributed by atoms with Gasteiger partial charge in [-0.25, -0.2) is 4.68 Å². The second kappa shape index (κ2) is 7.96. The summed E-state index contributed by atoms with van der Waals surface area (Å²) in [4.78, 5) is 11.7. The van der Waals surface area contributed by atoms with Crippen molar-refractivity contribution >= 4 is 11.8 Å². The van der Waals surface area contributed by atoms with Gasteiger partial charge in [0.2, 0.25) is 5.16 Å². The largest absolute Gasteiger partial charge is 0.497 e. The summed E-state index contributed by atoms with van der Waals surface area (Å²) in [5, 5.41) is 8.69. The van der Waals surface area contributed by atoms with Crippen LogP contribution in [-0.4, -0.2) is 26.6 Å². The van der Waals surface area contributed by atoms with Gasteiger partial charge in [-0.3, -0.25) is 4.79 Å². The molecular formula is C17H19N5O3S. The molecule has 0 unspecified atom stereocenters. The topological polar surface area (TPSA) is 97.2 Å². The third kappa shape index (κ3) is 4.17. The molecule has 0 spiro atoms. The van der Waals surface area contributed by atoms with E-state index < -0.39 is 0 Å². The molecule has 0 aliphatic carbocycles. The van der Waals surface area contributed by atoms with E-state index in [9.17, 15) is 4.79 Å². The number of nitrogen functional groups attached to an aromatic ring is 1. The fraction of sp³-hybridized carbons (Fsp3) is 0.235. The summed E-state index contributed by atoms with van der Waals surface area (Å²) in [5.41, 5.74) is 0.847. The molecule has 0 aliphatic rings. The molecule has 3 aromatic rings. The second-order valence-electron chi connectivity index (χ2n) is 5.51. The van der Waals surface area contributed by atoms with Gasteiger partial charge in [-0.05, 0) is 23.8 Å². The van der Waals surface area contributed by atoms with Crippen molar-refractivity contribution in [1.82, 2.24) is 19.4 Å². The lowest BCUT2D eigenvalue weighted by molar-refractivity contribution is 0.289. The highest BCUT2D eigenvalue weighted by Gasteiger charge is 2.11. The molecule has 1 aromatic carbocycles. The number of hydrogen-bond acceptors (Lipinski definition) is 7. The second-order valence-corrected chi connectivity index (χ2v) is 6.45. The number of methoxy groups -OCH3 is 1. The molecule has 2 N–H and O–H groups in total. The fourth-order valence-corrected chi connectivity index (χ4v) is 2.99. The van der Waals surface area contributed by atoms with Gasteiger partial charge in [-0.15, -0.1) is 10.2 Å². The number of nitrogens with two attached hydrogens (primary N) is 1. The van der Waals surface area contributed by atoms with E-state index in [0.29, 0.717) is 28.2 Å². The van der Waals surface area contributed by atoms with Crippen LogP contribution in [0.2, 0.25) is 0 Å². The Morgan fingerprint density at radius 3 is 2.77 bits per heavy atom. The van der Waals surface area contributed by atoms with Crippen molar-refractivity contribution in [3.05, 3.63) is 64.3 Å². The lowest BCUT2D eigenvalue weighted by Gasteiger charge is -2.07. The van der Waals surface area contributed by atoms with Crippen molar-refractivity contribution in [3.8, 4) is 11.5 Å². The van der Waals surface area contributed by atoms with Gasteiger partial charge in [-0.2, -0.15) is 0 Å². The minimum Gasteiger partial charge on any atom is -0.497 e. The van der Waals surface area contributed by atoms with E-state index in [1.165, 1.54) is 21.0 Å². The predicted octanol–water partition coefficient (Wildman–Crippen LogP) is 1.57. The van der Waals surface area contributed by atoms with Crippen LogP contribution in [-0.2, 0) is 19.4 Å². The van der Waals surface area contributed by atoms with Crippen LogP contribution in [0.15, 0.2) is 52.5 Å². The zero-order valence-electron chi connectivity index (χ0n) is 14.5. The number of aromatic nitrogens is 4. The summed E-state index contributed by atoms with van der Waals surface area (Å²) in [6.07, 6.45) is 1.73. The standard InChI is InChI=1S/C17H19N5O3S/c1-21-7-6-12(8-16(21)23)11-26-17-20-19-15(22(17)18)10-25-14-5-3-4-13(9-14)24-2/h3-9H,10-11,18H2,1-2H3. The van der Waals surface area contributed by atoms with Crippen molar-refractivity contribution in [1.29, 1.82) is 0 Å². The van der Waals surface area contributed by atoms with Crippen LogP contribution in [0.4, 0.5) is 0 Å². The molecule has 8 nitrogen and oxygen atoms in total. The first kappa shape index (κ1) is 17.9. The lowest BCUT2D eigenvalue weighted by atomic mass is 10.3. The Morgan fingerprint density at radius 2 is 2.00 bits per heavy atom. The maximum absolute atomic E-state index is 11.7. The van der Waals surface area contributed by atoms with Crippen LogP contribution in [0.1, 0.15) is 11.4 Å². The fourth-order valence-electron chi connectivity index (χ4n) is 2.17. The molecule has 2 aromatic heterocycles. The Kier molecular flexibility index (Phi) is 5.47. The molecule has 136 valence electrons. The van der Waals surface area contributed by atoms with Gasteiger partial charge in [0, 0.05) is 31.1 Å². The van der Waals surface area contributed by atoms with E-state index >= 15 is 0 Å². The molecule has 0 amide bonds. The van der Waals surface area contributed by atoms with Crippen LogP contribution < -0.4 is 20.9 Å². The monoisotopic (exact) mass is 373 g/mol. The van der Waals surface area contributed by atoms with Crippen molar-refractivity contribution in [2.75, 3.05) is 13.0 Å². The Balaban J connectivity index is 1.62. The van der Waals surface area contributed by atoms with Gasteiger partial charge in [0.1, 0.15) is 18.1 Å². The Labute approximate surface area is 154 Å². The van der Waals surface area contributed by atoms with E-state index in [4.69, 9.17) is 15.3 Å². The summed E-state index contributed by atoms with van der Waals surface area (Å²) in [5.74, 6) is 8.48. The summed E-state index contributed by atoms with van der Waals surface area (Å²) < 4.78 is 13.8. The third-order valence-electron chi connectivity index (χ3n) is 3.68. The third-order valence-corrected chi connectivity index (χ3v) is 4.70. The van der Waals surface area contributed by atoms with Crippen LogP contribution in [0.25, 0.3) is 0 Å². The molecule has 3 rings (SSSR count). The number of nitrogens with zero attached hydrogens (tertiary/aromatic N) is 4. The van der Waals surface area contributed by atoms with Gasteiger partial charge in [0.05, 0.1) is 7.11 Å². The maximum Gasteiger partial charge on any atom is 0.250 e. The van der Waals surface area contributed by atoms with Crippen molar-refractivity contribution in [2.45, 2.75) is 17.5 Å². The molecule has 0 fully saturated rings. The van der Waals surface area contributed by atoms with Gasteiger partial charge in [0.15, 0.2) is 5.82 Å². The van der Waals surface area contributed by atoms with Gasteiger partial charge >= 0.3 is 0 Å². The number of thioether (sulfide) groups is 1. The van der Waals surface area contributed by atoms with E-state index in [0.717, 1.165) is 5.56 Å². The van der Waals surface area contributed by atoms with Gasteiger partial charge in [0.25, 0.3) is 5.56 Å². The van der Waals surface area contributed by atoms with Crippen molar-refractivity contribution < 1.29 is 9.47 Å². The summed E-state index contributed by atoms with van der Waals surface area (Å²) in [7, 11) is 3.31. The first-order chi connectivity index (χ1) is 12.6. The number of ether oxygens (including phenoxy) is 2. The minimum atomic E-state index is -0.0512. The molecule has 0 aliphatic heterocycles. The summed E-state index contributed by atoms with van der Waals surface area (Å²) in [6.45, 7) is 0.184.